The Morgan fingerprint density at radius 2 is 2.11 bits per heavy atom. The summed E-state index contributed by atoms with van der Waals surface area (Å²) >= 11 is 0. The SMILES string of the molecule is Cn1c2ccncc2c2ccc(CCC#N)cc21. The Morgan fingerprint density at radius 1 is 1.22 bits per heavy atom. The molecular weight excluding hydrogens is 222 g/mol. The van der Waals surface area contributed by atoms with Crippen LogP contribution in [0.4, 0.5) is 0 Å². The summed E-state index contributed by atoms with van der Waals surface area (Å²) < 4.78 is 2.18. The lowest BCUT2D eigenvalue weighted by Crippen LogP contribution is -1.88. The van der Waals surface area contributed by atoms with Gasteiger partial charge in [-0.25, -0.2) is 0 Å². The van der Waals surface area contributed by atoms with Crippen molar-refractivity contribution in [2.75, 3.05) is 0 Å². The van der Waals surface area contributed by atoms with Crippen molar-refractivity contribution in [2.24, 2.45) is 7.05 Å². The van der Waals surface area contributed by atoms with Crippen molar-refractivity contribution in [1.29, 1.82) is 5.26 Å². The Bertz CT molecular complexity index is 762. The first kappa shape index (κ1) is 10.8. The van der Waals surface area contributed by atoms with Crippen molar-refractivity contribution in [3.05, 3.63) is 42.2 Å². The van der Waals surface area contributed by atoms with Gasteiger partial charge in [0.1, 0.15) is 0 Å². The number of nitrogens with zero attached hydrogens (tertiary/aromatic N) is 3. The minimum Gasteiger partial charge on any atom is -0.344 e. The predicted octanol–water partition coefficient (Wildman–Crippen LogP) is 3.18. The van der Waals surface area contributed by atoms with Crippen molar-refractivity contribution in [3.63, 3.8) is 0 Å². The summed E-state index contributed by atoms with van der Waals surface area (Å²) in [6.45, 7) is 0. The van der Waals surface area contributed by atoms with Crippen LogP contribution in [-0.2, 0) is 13.5 Å². The Labute approximate surface area is 105 Å². The first-order chi connectivity index (χ1) is 8.81. The van der Waals surface area contributed by atoms with Crippen LogP contribution < -0.4 is 0 Å². The van der Waals surface area contributed by atoms with E-state index in [4.69, 9.17) is 5.26 Å². The lowest BCUT2D eigenvalue weighted by molar-refractivity contribution is 0.992. The highest BCUT2D eigenvalue weighted by Crippen LogP contribution is 2.28. The van der Waals surface area contributed by atoms with E-state index in [0.717, 1.165) is 6.42 Å². The fraction of sp³-hybridized carbons (Fsp3) is 0.200. The van der Waals surface area contributed by atoms with E-state index in [1.807, 2.05) is 18.5 Å². The standard InChI is InChI=1S/C15H13N3/c1-18-14-6-8-17-10-13(14)12-5-4-11(3-2-7-16)9-15(12)18/h4-6,8-10H,2-3H2,1H3. The number of aromatic nitrogens is 2. The molecule has 0 radical (unpaired) electrons. The molecule has 1 aromatic carbocycles. The fourth-order valence-corrected chi connectivity index (χ4v) is 2.46. The van der Waals surface area contributed by atoms with Crippen LogP contribution in [0.25, 0.3) is 21.8 Å². The molecule has 0 aliphatic carbocycles. The smallest absolute Gasteiger partial charge is 0.0625 e. The molecule has 3 nitrogen and oxygen atoms in total. The summed E-state index contributed by atoms with van der Waals surface area (Å²) in [6.07, 6.45) is 5.10. The van der Waals surface area contributed by atoms with Crippen LogP contribution >= 0.6 is 0 Å². The van der Waals surface area contributed by atoms with Crippen LogP contribution in [0.15, 0.2) is 36.7 Å². The van der Waals surface area contributed by atoms with E-state index in [-0.39, 0.29) is 0 Å². The third-order valence-electron chi connectivity index (χ3n) is 3.40. The third-order valence-corrected chi connectivity index (χ3v) is 3.40. The number of aryl methyl sites for hydroxylation is 2. The van der Waals surface area contributed by atoms with Crippen LogP contribution in [0.2, 0.25) is 0 Å². The molecule has 3 aromatic rings. The van der Waals surface area contributed by atoms with E-state index in [9.17, 15) is 0 Å². The van der Waals surface area contributed by atoms with Gasteiger partial charge in [-0.15, -0.1) is 0 Å². The molecule has 0 bridgehead atoms. The molecule has 0 amide bonds. The zero-order chi connectivity index (χ0) is 12.5. The van der Waals surface area contributed by atoms with Gasteiger partial charge in [0.15, 0.2) is 0 Å². The van der Waals surface area contributed by atoms with Crippen molar-refractivity contribution in [3.8, 4) is 6.07 Å². The van der Waals surface area contributed by atoms with Crippen molar-refractivity contribution >= 4 is 21.8 Å². The van der Waals surface area contributed by atoms with E-state index >= 15 is 0 Å². The Balaban J connectivity index is 2.25. The summed E-state index contributed by atoms with van der Waals surface area (Å²) in [5.74, 6) is 0. The zero-order valence-corrected chi connectivity index (χ0v) is 10.2. The molecule has 2 heterocycles. The maximum absolute atomic E-state index is 8.65. The minimum absolute atomic E-state index is 0.566. The number of nitriles is 1. The molecule has 0 spiro atoms. The van der Waals surface area contributed by atoms with Crippen LogP contribution in [0, 0.1) is 11.3 Å². The van der Waals surface area contributed by atoms with Gasteiger partial charge >= 0.3 is 0 Å². The molecule has 2 aromatic heterocycles. The first-order valence-corrected chi connectivity index (χ1v) is 5.99. The second-order valence-electron chi connectivity index (χ2n) is 4.46. The van der Waals surface area contributed by atoms with Gasteiger partial charge in [-0.1, -0.05) is 12.1 Å². The lowest BCUT2D eigenvalue weighted by atomic mass is 10.1. The molecule has 18 heavy (non-hydrogen) atoms. The Hall–Kier alpha value is -2.34. The molecule has 0 unspecified atom stereocenters. The highest BCUT2D eigenvalue weighted by molar-refractivity contribution is 6.07. The molecule has 0 saturated carbocycles. The molecular formula is C15H13N3. The summed E-state index contributed by atoms with van der Waals surface area (Å²) in [4.78, 5) is 4.19. The summed E-state index contributed by atoms with van der Waals surface area (Å²) in [7, 11) is 2.07. The summed E-state index contributed by atoms with van der Waals surface area (Å²) in [5, 5.41) is 11.1. The van der Waals surface area contributed by atoms with Gasteiger partial charge in [0, 0.05) is 42.2 Å². The van der Waals surface area contributed by atoms with E-state index in [1.165, 1.54) is 27.4 Å². The number of pyridine rings is 1. The molecule has 88 valence electrons. The third kappa shape index (κ3) is 1.54. The number of rotatable bonds is 2. The van der Waals surface area contributed by atoms with Crippen molar-refractivity contribution in [1.82, 2.24) is 9.55 Å². The van der Waals surface area contributed by atoms with Gasteiger partial charge in [0.2, 0.25) is 0 Å². The molecule has 0 saturated heterocycles. The van der Waals surface area contributed by atoms with Crippen LogP contribution in [0.5, 0.6) is 0 Å². The maximum Gasteiger partial charge on any atom is 0.0625 e. The lowest BCUT2D eigenvalue weighted by Gasteiger charge is -2.00. The van der Waals surface area contributed by atoms with Crippen LogP contribution in [0.1, 0.15) is 12.0 Å². The molecule has 0 N–H and O–H groups in total. The van der Waals surface area contributed by atoms with Gasteiger partial charge in [0.05, 0.1) is 11.6 Å². The predicted molar refractivity (Wildman–Crippen MR) is 72.2 cm³/mol. The van der Waals surface area contributed by atoms with Gasteiger partial charge < -0.3 is 4.57 Å². The molecule has 0 aliphatic rings. The highest BCUT2D eigenvalue weighted by atomic mass is 14.9. The molecule has 0 atom stereocenters. The number of benzene rings is 1. The molecule has 3 heteroatoms. The van der Waals surface area contributed by atoms with Crippen LogP contribution in [-0.4, -0.2) is 9.55 Å². The second-order valence-corrected chi connectivity index (χ2v) is 4.46. The van der Waals surface area contributed by atoms with Crippen molar-refractivity contribution in [2.45, 2.75) is 12.8 Å². The average molecular weight is 235 g/mol. The van der Waals surface area contributed by atoms with Gasteiger partial charge in [-0.2, -0.15) is 5.26 Å². The number of hydrogen-bond acceptors (Lipinski definition) is 2. The Kier molecular flexibility index (Phi) is 2.49. The first-order valence-electron chi connectivity index (χ1n) is 5.99. The highest BCUT2D eigenvalue weighted by Gasteiger charge is 2.08. The van der Waals surface area contributed by atoms with E-state index < -0.39 is 0 Å². The normalized spacial score (nSPS) is 10.9. The van der Waals surface area contributed by atoms with E-state index in [0.29, 0.717) is 6.42 Å². The minimum atomic E-state index is 0.566. The van der Waals surface area contributed by atoms with E-state index in [2.05, 4.69) is 40.9 Å². The van der Waals surface area contributed by atoms with Gasteiger partial charge in [0.25, 0.3) is 0 Å². The summed E-state index contributed by atoms with van der Waals surface area (Å²) in [5.41, 5.74) is 3.61. The number of hydrogen-bond donors (Lipinski definition) is 0. The second kappa shape index (κ2) is 4.15. The largest absolute Gasteiger partial charge is 0.344 e. The monoisotopic (exact) mass is 235 g/mol. The molecule has 0 fully saturated rings. The number of fused-ring (bicyclic) bond motifs is 3. The zero-order valence-electron chi connectivity index (χ0n) is 10.2. The van der Waals surface area contributed by atoms with Gasteiger partial charge in [-0.3, -0.25) is 4.98 Å². The topological polar surface area (TPSA) is 41.6 Å². The molecule has 3 rings (SSSR count). The Morgan fingerprint density at radius 3 is 2.94 bits per heavy atom. The molecule has 0 aliphatic heterocycles. The van der Waals surface area contributed by atoms with E-state index in [1.54, 1.807) is 0 Å². The van der Waals surface area contributed by atoms with Gasteiger partial charge in [-0.05, 0) is 24.1 Å². The van der Waals surface area contributed by atoms with Crippen LogP contribution in [0.3, 0.4) is 0 Å². The summed E-state index contributed by atoms with van der Waals surface area (Å²) in [6, 6.07) is 10.6. The maximum atomic E-state index is 8.65. The average Bonchev–Trinajstić information content (AvgIpc) is 2.71. The van der Waals surface area contributed by atoms with Crippen molar-refractivity contribution < 1.29 is 0 Å². The quantitative estimate of drug-likeness (QED) is 0.684. The fourth-order valence-electron chi connectivity index (χ4n) is 2.46.